The van der Waals surface area contributed by atoms with Gasteiger partial charge in [0.1, 0.15) is 11.6 Å². The van der Waals surface area contributed by atoms with Crippen LogP contribution in [0.25, 0.3) is 0 Å². The van der Waals surface area contributed by atoms with Crippen molar-refractivity contribution in [2.24, 2.45) is 5.73 Å². The van der Waals surface area contributed by atoms with E-state index < -0.39 is 0 Å². The van der Waals surface area contributed by atoms with Crippen molar-refractivity contribution in [2.45, 2.75) is 25.4 Å². The Hall–Kier alpha value is -1.16. The van der Waals surface area contributed by atoms with Gasteiger partial charge in [0.2, 0.25) is 0 Å². The summed E-state index contributed by atoms with van der Waals surface area (Å²) >= 11 is 0. The van der Waals surface area contributed by atoms with E-state index in [0.29, 0.717) is 0 Å². The van der Waals surface area contributed by atoms with E-state index in [9.17, 15) is 4.39 Å². The van der Waals surface area contributed by atoms with Gasteiger partial charge in [-0.05, 0) is 25.5 Å². The minimum Gasteiger partial charge on any atom is -0.352 e. The molecule has 0 saturated carbocycles. The van der Waals surface area contributed by atoms with Gasteiger partial charge in [0, 0.05) is 18.6 Å². The van der Waals surface area contributed by atoms with Gasteiger partial charge in [0.05, 0.1) is 6.20 Å². The summed E-state index contributed by atoms with van der Waals surface area (Å²) < 4.78 is 12.6. The number of hydrogen-bond donors (Lipinski definition) is 1. The average Bonchev–Trinajstić information content (AvgIpc) is 2.50. The van der Waals surface area contributed by atoms with Gasteiger partial charge >= 0.3 is 0 Å². The molecule has 0 aliphatic carbocycles. The smallest absolute Gasteiger partial charge is 0.141 e. The predicted octanol–water partition coefficient (Wildman–Crippen LogP) is 1.15. The third kappa shape index (κ3) is 1.57. The number of anilines is 1. The summed E-state index contributed by atoms with van der Waals surface area (Å²) in [6.45, 7) is 2.98. The van der Waals surface area contributed by atoms with Crippen molar-refractivity contribution in [1.29, 1.82) is 0 Å². The largest absolute Gasteiger partial charge is 0.352 e. The van der Waals surface area contributed by atoms with Crippen LogP contribution in [-0.2, 0) is 0 Å². The molecular formula is C10H14FN3. The maximum atomic E-state index is 12.6. The molecule has 0 spiro atoms. The van der Waals surface area contributed by atoms with E-state index in [0.717, 1.165) is 18.8 Å². The van der Waals surface area contributed by atoms with Crippen molar-refractivity contribution >= 4 is 5.82 Å². The standard InChI is InChI=1S/C10H14FN3/c1-7-9(12)4-5-14(7)10-3-2-8(11)6-13-10/h2-3,6-7,9H,4-5,12H2,1H3. The van der Waals surface area contributed by atoms with Gasteiger partial charge in [-0.1, -0.05) is 0 Å². The molecule has 1 aliphatic rings. The third-order valence-electron chi connectivity index (χ3n) is 2.82. The Labute approximate surface area is 82.7 Å². The van der Waals surface area contributed by atoms with Gasteiger partial charge in [-0.15, -0.1) is 0 Å². The zero-order chi connectivity index (χ0) is 10.1. The molecule has 0 bridgehead atoms. The van der Waals surface area contributed by atoms with Crippen LogP contribution in [0, 0.1) is 5.82 Å². The van der Waals surface area contributed by atoms with Crippen molar-refractivity contribution in [1.82, 2.24) is 4.98 Å². The normalized spacial score (nSPS) is 26.9. The zero-order valence-corrected chi connectivity index (χ0v) is 8.15. The van der Waals surface area contributed by atoms with Gasteiger partial charge in [0.15, 0.2) is 0 Å². The fraction of sp³-hybridized carbons (Fsp3) is 0.500. The molecule has 0 aromatic carbocycles. The van der Waals surface area contributed by atoms with Crippen molar-refractivity contribution in [3.8, 4) is 0 Å². The molecule has 2 heterocycles. The maximum absolute atomic E-state index is 12.6. The summed E-state index contributed by atoms with van der Waals surface area (Å²) in [7, 11) is 0. The van der Waals surface area contributed by atoms with E-state index in [1.54, 1.807) is 6.07 Å². The molecule has 1 saturated heterocycles. The Morgan fingerprint density at radius 2 is 2.36 bits per heavy atom. The molecule has 76 valence electrons. The highest BCUT2D eigenvalue weighted by atomic mass is 19.1. The predicted molar refractivity (Wildman–Crippen MR) is 53.6 cm³/mol. The van der Waals surface area contributed by atoms with Gasteiger partial charge in [0.25, 0.3) is 0 Å². The molecule has 2 unspecified atom stereocenters. The van der Waals surface area contributed by atoms with E-state index in [1.165, 1.54) is 12.3 Å². The lowest BCUT2D eigenvalue weighted by molar-refractivity contribution is 0.611. The molecule has 2 N–H and O–H groups in total. The first kappa shape index (κ1) is 9.40. The lowest BCUT2D eigenvalue weighted by Crippen LogP contribution is -2.37. The van der Waals surface area contributed by atoms with Crippen LogP contribution in [0.2, 0.25) is 0 Å². The van der Waals surface area contributed by atoms with Gasteiger partial charge in [-0.2, -0.15) is 0 Å². The number of nitrogens with zero attached hydrogens (tertiary/aromatic N) is 2. The van der Waals surface area contributed by atoms with Gasteiger partial charge in [-0.3, -0.25) is 0 Å². The van der Waals surface area contributed by atoms with Crippen LogP contribution in [-0.4, -0.2) is 23.6 Å². The SMILES string of the molecule is CC1C(N)CCN1c1ccc(F)cn1. The first-order valence-electron chi connectivity index (χ1n) is 4.82. The number of pyridine rings is 1. The first-order valence-corrected chi connectivity index (χ1v) is 4.82. The van der Waals surface area contributed by atoms with Gasteiger partial charge < -0.3 is 10.6 Å². The molecule has 0 radical (unpaired) electrons. The Balaban J connectivity index is 2.19. The number of hydrogen-bond acceptors (Lipinski definition) is 3. The fourth-order valence-corrected chi connectivity index (χ4v) is 1.83. The van der Waals surface area contributed by atoms with E-state index in [-0.39, 0.29) is 17.9 Å². The quantitative estimate of drug-likeness (QED) is 0.730. The molecule has 3 nitrogen and oxygen atoms in total. The van der Waals surface area contributed by atoms with Crippen LogP contribution in [0.3, 0.4) is 0 Å². The molecule has 1 fully saturated rings. The van der Waals surface area contributed by atoms with Gasteiger partial charge in [-0.25, -0.2) is 9.37 Å². The molecule has 1 aliphatic heterocycles. The van der Waals surface area contributed by atoms with E-state index >= 15 is 0 Å². The van der Waals surface area contributed by atoms with Crippen molar-refractivity contribution in [2.75, 3.05) is 11.4 Å². The highest BCUT2D eigenvalue weighted by Gasteiger charge is 2.28. The summed E-state index contributed by atoms with van der Waals surface area (Å²) in [4.78, 5) is 6.16. The molecule has 4 heteroatoms. The number of halogens is 1. The molecule has 0 amide bonds. The molecular weight excluding hydrogens is 181 g/mol. The second-order valence-corrected chi connectivity index (χ2v) is 3.72. The molecule has 14 heavy (non-hydrogen) atoms. The van der Waals surface area contributed by atoms with Crippen molar-refractivity contribution in [3.05, 3.63) is 24.1 Å². The first-order chi connectivity index (χ1) is 6.68. The van der Waals surface area contributed by atoms with Crippen LogP contribution in [0.4, 0.5) is 10.2 Å². The maximum Gasteiger partial charge on any atom is 0.141 e. The summed E-state index contributed by atoms with van der Waals surface area (Å²) in [6, 6.07) is 3.61. The minimum absolute atomic E-state index is 0.196. The zero-order valence-electron chi connectivity index (χ0n) is 8.15. The fourth-order valence-electron chi connectivity index (χ4n) is 1.83. The molecule has 1 aromatic heterocycles. The van der Waals surface area contributed by atoms with Crippen molar-refractivity contribution < 1.29 is 4.39 Å². The second kappa shape index (κ2) is 3.53. The lowest BCUT2D eigenvalue weighted by atomic mass is 10.2. The Kier molecular flexibility index (Phi) is 2.37. The van der Waals surface area contributed by atoms with E-state index in [1.807, 2.05) is 0 Å². The minimum atomic E-state index is -0.301. The molecule has 1 aromatic rings. The van der Waals surface area contributed by atoms with E-state index in [4.69, 9.17) is 5.73 Å². The Morgan fingerprint density at radius 3 is 2.86 bits per heavy atom. The van der Waals surface area contributed by atoms with Crippen LogP contribution >= 0.6 is 0 Å². The summed E-state index contributed by atoms with van der Waals surface area (Å²) in [6.07, 6.45) is 2.21. The topological polar surface area (TPSA) is 42.1 Å². The molecule has 2 rings (SSSR count). The monoisotopic (exact) mass is 195 g/mol. The van der Waals surface area contributed by atoms with Crippen LogP contribution in [0.5, 0.6) is 0 Å². The van der Waals surface area contributed by atoms with Crippen LogP contribution in [0.1, 0.15) is 13.3 Å². The highest BCUT2D eigenvalue weighted by Crippen LogP contribution is 2.22. The number of nitrogens with two attached hydrogens (primary N) is 1. The Bertz CT molecular complexity index is 312. The third-order valence-corrected chi connectivity index (χ3v) is 2.82. The second-order valence-electron chi connectivity index (χ2n) is 3.72. The summed E-state index contributed by atoms with van der Waals surface area (Å²) in [5.74, 6) is 0.511. The highest BCUT2D eigenvalue weighted by molar-refractivity contribution is 5.41. The lowest BCUT2D eigenvalue weighted by Gasteiger charge is -2.23. The van der Waals surface area contributed by atoms with Crippen LogP contribution < -0.4 is 10.6 Å². The average molecular weight is 195 g/mol. The van der Waals surface area contributed by atoms with Crippen molar-refractivity contribution in [3.63, 3.8) is 0 Å². The Morgan fingerprint density at radius 1 is 1.57 bits per heavy atom. The molecule has 2 atom stereocenters. The van der Waals surface area contributed by atoms with Crippen LogP contribution in [0.15, 0.2) is 18.3 Å². The number of aromatic nitrogens is 1. The van der Waals surface area contributed by atoms with E-state index in [2.05, 4.69) is 16.8 Å². The summed E-state index contributed by atoms with van der Waals surface area (Å²) in [5, 5.41) is 0. The summed E-state index contributed by atoms with van der Waals surface area (Å²) in [5.41, 5.74) is 5.89. The number of rotatable bonds is 1.